The lowest BCUT2D eigenvalue weighted by Gasteiger charge is -2.14. The monoisotopic (exact) mass is 325 g/mol. The Hall–Kier alpha value is -1.60. The molecule has 0 aliphatic carbocycles. The number of nitrogens with zero attached hydrogens (tertiary/aromatic N) is 1. The molecule has 5 nitrogen and oxygen atoms in total. The quantitative estimate of drug-likeness (QED) is 0.828. The first-order chi connectivity index (χ1) is 9.87. The first kappa shape index (κ1) is 15.8. The van der Waals surface area contributed by atoms with Crippen molar-refractivity contribution in [2.75, 3.05) is 10.5 Å². The minimum atomic E-state index is -3.68. The third-order valence-electron chi connectivity index (χ3n) is 3.20. The van der Waals surface area contributed by atoms with Gasteiger partial charge in [0.2, 0.25) is 0 Å². The summed E-state index contributed by atoms with van der Waals surface area (Å²) in [6.07, 6.45) is 2.93. The lowest BCUT2D eigenvalue weighted by atomic mass is 10.1. The highest BCUT2D eigenvalue weighted by molar-refractivity contribution is 7.93. The molecule has 1 aromatic heterocycles. The summed E-state index contributed by atoms with van der Waals surface area (Å²) in [6, 6.07) is 3.53. The van der Waals surface area contributed by atoms with Gasteiger partial charge >= 0.3 is 0 Å². The van der Waals surface area contributed by atoms with Crippen LogP contribution in [0.2, 0.25) is 0 Å². The van der Waals surface area contributed by atoms with E-state index in [0.29, 0.717) is 22.8 Å². The van der Waals surface area contributed by atoms with E-state index in [9.17, 15) is 8.42 Å². The molecule has 0 bridgehead atoms. The third-order valence-corrected chi connectivity index (χ3v) is 5.56. The van der Waals surface area contributed by atoms with E-state index < -0.39 is 10.0 Å². The van der Waals surface area contributed by atoms with Crippen molar-refractivity contribution in [3.63, 3.8) is 0 Å². The molecule has 0 radical (unpaired) electrons. The Morgan fingerprint density at radius 1 is 1.29 bits per heavy atom. The van der Waals surface area contributed by atoms with Gasteiger partial charge in [-0.1, -0.05) is 13.8 Å². The Morgan fingerprint density at radius 3 is 2.52 bits per heavy atom. The van der Waals surface area contributed by atoms with E-state index in [1.165, 1.54) is 11.3 Å². The molecule has 0 aliphatic rings. The molecule has 0 saturated carbocycles. The van der Waals surface area contributed by atoms with Gasteiger partial charge in [0.05, 0.1) is 4.90 Å². The van der Waals surface area contributed by atoms with Crippen LogP contribution in [0.25, 0.3) is 0 Å². The Labute approximate surface area is 129 Å². The van der Waals surface area contributed by atoms with Gasteiger partial charge in [0.15, 0.2) is 5.13 Å². The van der Waals surface area contributed by atoms with Crippen molar-refractivity contribution in [2.45, 2.75) is 38.5 Å². The van der Waals surface area contributed by atoms with Crippen molar-refractivity contribution in [3.05, 3.63) is 34.3 Å². The van der Waals surface area contributed by atoms with Crippen LogP contribution < -0.4 is 10.5 Å². The smallest absolute Gasteiger partial charge is 0.264 e. The van der Waals surface area contributed by atoms with Crippen LogP contribution in [-0.4, -0.2) is 13.4 Å². The number of rotatable bonds is 5. The van der Waals surface area contributed by atoms with E-state index in [1.807, 2.05) is 26.8 Å². The molecule has 7 heteroatoms. The van der Waals surface area contributed by atoms with E-state index in [0.717, 1.165) is 16.9 Å². The van der Waals surface area contributed by atoms with Crippen molar-refractivity contribution in [1.29, 1.82) is 0 Å². The molecule has 2 rings (SSSR count). The predicted molar refractivity (Wildman–Crippen MR) is 87.3 cm³/mol. The van der Waals surface area contributed by atoms with Crippen molar-refractivity contribution in [2.24, 2.45) is 0 Å². The van der Waals surface area contributed by atoms with E-state index in [-0.39, 0.29) is 4.90 Å². The van der Waals surface area contributed by atoms with Crippen LogP contribution in [0.1, 0.15) is 29.9 Å². The summed E-state index contributed by atoms with van der Waals surface area (Å²) >= 11 is 1.30. The zero-order valence-corrected chi connectivity index (χ0v) is 13.9. The Kier molecular flexibility index (Phi) is 4.53. The molecule has 0 unspecified atom stereocenters. The highest BCUT2D eigenvalue weighted by Crippen LogP contribution is 2.28. The first-order valence-electron chi connectivity index (χ1n) is 6.74. The molecule has 3 N–H and O–H groups in total. The minimum Gasteiger partial charge on any atom is -0.398 e. The van der Waals surface area contributed by atoms with Gasteiger partial charge in [-0.2, -0.15) is 0 Å². The topological polar surface area (TPSA) is 85.1 Å². The maximum absolute atomic E-state index is 12.6. The summed E-state index contributed by atoms with van der Waals surface area (Å²) in [4.78, 5) is 5.24. The van der Waals surface area contributed by atoms with Gasteiger partial charge in [0, 0.05) is 16.8 Å². The number of benzene rings is 1. The number of nitrogens with two attached hydrogens (primary N) is 1. The van der Waals surface area contributed by atoms with Crippen molar-refractivity contribution >= 4 is 32.2 Å². The van der Waals surface area contributed by atoms with E-state index in [2.05, 4.69) is 9.71 Å². The zero-order chi connectivity index (χ0) is 15.6. The van der Waals surface area contributed by atoms with Gasteiger partial charge in [-0.25, -0.2) is 13.4 Å². The largest absolute Gasteiger partial charge is 0.398 e. The second-order valence-corrected chi connectivity index (χ2v) is 7.64. The summed E-state index contributed by atoms with van der Waals surface area (Å²) in [6.45, 7) is 5.74. The maximum atomic E-state index is 12.6. The number of nitrogens with one attached hydrogen (secondary N) is 1. The molecule has 2 aromatic rings. The lowest BCUT2D eigenvalue weighted by Crippen LogP contribution is -2.16. The Bertz CT molecular complexity index is 752. The molecule has 114 valence electrons. The van der Waals surface area contributed by atoms with Crippen LogP contribution in [0, 0.1) is 6.92 Å². The van der Waals surface area contributed by atoms with Gasteiger partial charge in [0.25, 0.3) is 10.0 Å². The molecule has 0 atom stereocenters. The first-order valence-corrected chi connectivity index (χ1v) is 9.03. The minimum absolute atomic E-state index is 0.245. The average molecular weight is 325 g/mol. The van der Waals surface area contributed by atoms with Gasteiger partial charge in [-0.3, -0.25) is 4.72 Å². The zero-order valence-electron chi connectivity index (χ0n) is 12.3. The summed E-state index contributed by atoms with van der Waals surface area (Å²) < 4.78 is 27.8. The van der Waals surface area contributed by atoms with Gasteiger partial charge < -0.3 is 5.73 Å². The summed E-state index contributed by atoms with van der Waals surface area (Å²) in [5.41, 5.74) is 8.07. The van der Waals surface area contributed by atoms with Crippen LogP contribution in [0.5, 0.6) is 0 Å². The molecular formula is C14H19N3O2S2. The number of aryl methyl sites for hydroxylation is 2. The van der Waals surface area contributed by atoms with Crippen LogP contribution >= 0.6 is 11.3 Å². The van der Waals surface area contributed by atoms with Crippen LogP contribution in [-0.2, 0) is 22.9 Å². The number of anilines is 2. The molecule has 1 aromatic carbocycles. The molecule has 0 amide bonds. The van der Waals surface area contributed by atoms with Crippen molar-refractivity contribution in [3.8, 4) is 0 Å². The average Bonchev–Trinajstić information content (AvgIpc) is 2.82. The molecule has 0 saturated heterocycles. The van der Waals surface area contributed by atoms with Crippen LogP contribution in [0.15, 0.2) is 23.2 Å². The number of sulfonamides is 1. The molecular weight excluding hydrogens is 306 g/mol. The standard InChI is InChI=1S/C14H19N3O2S2/c1-4-10-6-12(15)11(5-2)13(7-10)21(18,19)17-14-16-8-9(3)20-14/h6-8H,4-5,15H2,1-3H3,(H,16,17). The summed E-state index contributed by atoms with van der Waals surface area (Å²) in [7, 11) is -3.68. The number of thiazole rings is 1. The van der Waals surface area contributed by atoms with E-state index in [1.54, 1.807) is 12.3 Å². The van der Waals surface area contributed by atoms with Crippen molar-refractivity contribution < 1.29 is 8.42 Å². The number of hydrogen-bond donors (Lipinski definition) is 2. The summed E-state index contributed by atoms with van der Waals surface area (Å²) in [5, 5.41) is 0.370. The fourth-order valence-electron chi connectivity index (χ4n) is 2.12. The fraction of sp³-hybridized carbons (Fsp3) is 0.357. The number of hydrogen-bond acceptors (Lipinski definition) is 5. The van der Waals surface area contributed by atoms with E-state index >= 15 is 0 Å². The second-order valence-electron chi connectivity index (χ2n) is 4.75. The highest BCUT2D eigenvalue weighted by atomic mass is 32.2. The Morgan fingerprint density at radius 2 is 2.00 bits per heavy atom. The van der Waals surface area contributed by atoms with Crippen LogP contribution in [0.4, 0.5) is 10.8 Å². The molecule has 1 heterocycles. The maximum Gasteiger partial charge on any atom is 0.264 e. The lowest BCUT2D eigenvalue weighted by molar-refractivity contribution is 0.600. The Balaban J connectivity index is 2.50. The third kappa shape index (κ3) is 3.36. The normalized spacial score (nSPS) is 11.6. The molecule has 0 fully saturated rings. The molecule has 0 spiro atoms. The van der Waals surface area contributed by atoms with Gasteiger partial charge in [-0.15, -0.1) is 11.3 Å². The predicted octanol–water partition coefficient (Wildman–Crippen LogP) is 2.96. The fourth-order valence-corrected chi connectivity index (χ4v) is 4.42. The van der Waals surface area contributed by atoms with Crippen LogP contribution in [0.3, 0.4) is 0 Å². The SMILES string of the molecule is CCc1cc(N)c(CC)c(S(=O)(=O)Nc2ncc(C)s2)c1. The molecule has 0 aliphatic heterocycles. The van der Waals surface area contributed by atoms with Gasteiger partial charge in [0.1, 0.15) is 0 Å². The van der Waals surface area contributed by atoms with E-state index in [4.69, 9.17) is 5.73 Å². The van der Waals surface area contributed by atoms with Gasteiger partial charge in [-0.05, 0) is 43.0 Å². The molecule has 21 heavy (non-hydrogen) atoms. The second kappa shape index (κ2) is 6.03. The number of aromatic nitrogens is 1. The summed E-state index contributed by atoms with van der Waals surface area (Å²) in [5.74, 6) is 0. The van der Waals surface area contributed by atoms with Crippen molar-refractivity contribution in [1.82, 2.24) is 4.98 Å². The highest BCUT2D eigenvalue weighted by Gasteiger charge is 2.21. The number of nitrogen functional groups attached to an aromatic ring is 1.